The normalized spacial score (nSPS) is 11.0. The van der Waals surface area contributed by atoms with E-state index >= 15 is 0 Å². The van der Waals surface area contributed by atoms with E-state index in [0.717, 1.165) is 16.9 Å². The van der Waals surface area contributed by atoms with Gasteiger partial charge in [-0.15, -0.1) is 10.2 Å². The maximum Gasteiger partial charge on any atom is 0.244 e. The summed E-state index contributed by atoms with van der Waals surface area (Å²) in [6.07, 6.45) is 6.65. The SMILES string of the molecule is COc1ccc(C=CC(=O)NCc2nnc(SCc3ccncc3)n2-c2ccc(F)cc2)cc1. The van der Waals surface area contributed by atoms with Gasteiger partial charge in [0.25, 0.3) is 0 Å². The molecule has 0 aliphatic heterocycles. The molecule has 0 unspecified atom stereocenters. The van der Waals surface area contributed by atoms with Gasteiger partial charge in [0.2, 0.25) is 5.91 Å². The number of carbonyl (C=O) groups is 1. The molecule has 0 aliphatic rings. The Morgan fingerprint density at radius 2 is 1.79 bits per heavy atom. The molecule has 0 saturated carbocycles. The van der Waals surface area contributed by atoms with Gasteiger partial charge in [0, 0.05) is 29.9 Å². The zero-order valence-corrected chi connectivity index (χ0v) is 19.2. The molecule has 4 rings (SSSR count). The number of benzene rings is 2. The molecule has 0 aliphatic carbocycles. The van der Waals surface area contributed by atoms with Crippen molar-refractivity contribution in [2.45, 2.75) is 17.5 Å². The number of methoxy groups -OCH3 is 1. The van der Waals surface area contributed by atoms with Crippen LogP contribution in [0.25, 0.3) is 11.8 Å². The highest BCUT2D eigenvalue weighted by molar-refractivity contribution is 7.98. The molecule has 9 heteroatoms. The minimum absolute atomic E-state index is 0.159. The quantitative estimate of drug-likeness (QED) is 0.285. The van der Waals surface area contributed by atoms with Crippen molar-refractivity contribution in [1.29, 1.82) is 0 Å². The second-order valence-electron chi connectivity index (χ2n) is 7.18. The summed E-state index contributed by atoms with van der Waals surface area (Å²) in [5.74, 6) is 1.35. The Bertz CT molecular complexity index is 1260. The van der Waals surface area contributed by atoms with Crippen LogP contribution in [0.5, 0.6) is 5.75 Å². The first-order valence-corrected chi connectivity index (χ1v) is 11.4. The molecule has 0 radical (unpaired) electrons. The van der Waals surface area contributed by atoms with E-state index < -0.39 is 0 Å². The van der Waals surface area contributed by atoms with Crippen LogP contribution in [-0.2, 0) is 17.1 Å². The number of halogens is 1. The first kappa shape index (κ1) is 23.2. The van der Waals surface area contributed by atoms with Crippen molar-refractivity contribution in [3.05, 3.63) is 102 Å². The lowest BCUT2D eigenvalue weighted by Crippen LogP contribution is -2.22. The molecular weight excluding hydrogens is 453 g/mol. The highest BCUT2D eigenvalue weighted by Crippen LogP contribution is 2.25. The summed E-state index contributed by atoms with van der Waals surface area (Å²) >= 11 is 1.50. The van der Waals surface area contributed by atoms with Crippen LogP contribution in [0.4, 0.5) is 4.39 Å². The van der Waals surface area contributed by atoms with Crippen molar-refractivity contribution in [1.82, 2.24) is 25.1 Å². The number of amides is 1. The lowest BCUT2D eigenvalue weighted by atomic mass is 10.2. The average Bonchev–Trinajstić information content (AvgIpc) is 3.29. The molecule has 2 aromatic carbocycles. The molecule has 0 saturated heterocycles. The fourth-order valence-electron chi connectivity index (χ4n) is 3.10. The molecule has 0 atom stereocenters. The summed E-state index contributed by atoms with van der Waals surface area (Å²) in [4.78, 5) is 16.4. The zero-order valence-electron chi connectivity index (χ0n) is 18.4. The van der Waals surface area contributed by atoms with Crippen LogP contribution < -0.4 is 10.1 Å². The number of nitrogens with zero attached hydrogens (tertiary/aromatic N) is 4. The number of hydrogen-bond acceptors (Lipinski definition) is 6. The van der Waals surface area contributed by atoms with E-state index in [1.807, 2.05) is 41.0 Å². The minimum Gasteiger partial charge on any atom is -0.497 e. The van der Waals surface area contributed by atoms with Crippen LogP contribution in [0.15, 0.2) is 84.3 Å². The third-order valence-corrected chi connectivity index (χ3v) is 5.87. The minimum atomic E-state index is -0.332. The van der Waals surface area contributed by atoms with Crippen molar-refractivity contribution in [2.24, 2.45) is 0 Å². The Morgan fingerprint density at radius 3 is 2.50 bits per heavy atom. The predicted octanol–water partition coefficient (Wildman–Crippen LogP) is 4.43. The smallest absolute Gasteiger partial charge is 0.244 e. The standard InChI is InChI=1S/C25H22FN5O2S/c1-33-22-9-2-18(3-10-22)4-11-24(32)28-16-23-29-30-25(34-17-19-12-14-27-15-13-19)31(23)21-7-5-20(26)6-8-21/h2-15H,16-17H2,1H3,(H,28,32). The molecule has 0 spiro atoms. The zero-order chi connectivity index (χ0) is 23.8. The summed E-state index contributed by atoms with van der Waals surface area (Å²) in [6, 6.07) is 17.3. The van der Waals surface area contributed by atoms with E-state index in [0.29, 0.717) is 22.4 Å². The van der Waals surface area contributed by atoms with Crippen LogP contribution in [0.3, 0.4) is 0 Å². The lowest BCUT2D eigenvalue weighted by molar-refractivity contribution is -0.116. The maximum absolute atomic E-state index is 13.5. The highest BCUT2D eigenvalue weighted by Gasteiger charge is 2.15. The van der Waals surface area contributed by atoms with Gasteiger partial charge >= 0.3 is 0 Å². The van der Waals surface area contributed by atoms with Gasteiger partial charge in [0.05, 0.1) is 13.7 Å². The number of pyridine rings is 1. The van der Waals surface area contributed by atoms with Gasteiger partial charge in [0.15, 0.2) is 11.0 Å². The van der Waals surface area contributed by atoms with E-state index in [2.05, 4.69) is 20.5 Å². The molecule has 34 heavy (non-hydrogen) atoms. The van der Waals surface area contributed by atoms with Gasteiger partial charge < -0.3 is 10.1 Å². The monoisotopic (exact) mass is 475 g/mol. The van der Waals surface area contributed by atoms with Crippen LogP contribution in [0.2, 0.25) is 0 Å². The van der Waals surface area contributed by atoms with Crippen molar-refractivity contribution in [3.63, 3.8) is 0 Å². The molecule has 2 aromatic heterocycles. The van der Waals surface area contributed by atoms with E-state index in [9.17, 15) is 9.18 Å². The van der Waals surface area contributed by atoms with E-state index in [1.165, 1.54) is 30.0 Å². The van der Waals surface area contributed by atoms with E-state index in [-0.39, 0.29) is 18.3 Å². The van der Waals surface area contributed by atoms with Gasteiger partial charge in [-0.1, -0.05) is 23.9 Å². The van der Waals surface area contributed by atoms with E-state index in [1.54, 1.807) is 37.7 Å². The second kappa shape index (κ2) is 11.2. The molecule has 172 valence electrons. The van der Waals surface area contributed by atoms with Crippen molar-refractivity contribution >= 4 is 23.7 Å². The molecule has 1 amide bonds. The number of carbonyl (C=O) groups excluding carboxylic acids is 1. The summed E-state index contributed by atoms with van der Waals surface area (Å²) in [5.41, 5.74) is 2.68. The van der Waals surface area contributed by atoms with Crippen molar-refractivity contribution in [2.75, 3.05) is 7.11 Å². The Hall–Kier alpha value is -3.98. The third kappa shape index (κ3) is 6.08. The van der Waals surface area contributed by atoms with Crippen molar-refractivity contribution < 1.29 is 13.9 Å². The van der Waals surface area contributed by atoms with Crippen LogP contribution in [-0.4, -0.2) is 32.8 Å². The average molecular weight is 476 g/mol. The predicted molar refractivity (Wildman–Crippen MR) is 129 cm³/mol. The third-order valence-electron chi connectivity index (χ3n) is 4.87. The second-order valence-corrected chi connectivity index (χ2v) is 8.12. The van der Waals surface area contributed by atoms with Gasteiger partial charge in [-0.25, -0.2) is 4.39 Å². The topological polar surface area (TPSA) is 81.9 Å². The summed E-state index contributed by atoms with van der Waals surface area (Å²) in [6.45, 7) is 0.159. The molecule has 7 nitrogen and oxygen atoms in total. The van der Waals surface area contributed by atoms with Crippen LogP contribution in [0, 0.1) is 5.82 Å². The Kier molecular flexibility index (Phi) is 7.67. The Morgan fingerprint density at radius 1 is 1.06 bits per heavy atom. The van der Waals surface area contributed by atoms with Crippen LogP contribution in [0.1, 0.15) is 17.0 Å². The molecule has 0 fully saturated rings. The number of ether oxygens (including phenoxy) is 1. The molecular formula is C25H22FN5O2S. The molecule has 0 bridgehead atoms. The molecule has 1 N–H and O–H groups in total. The number of nitrogens with one attached hydrogen (secondary N) is 1. The number of hydrogen-bond donors (Lipinski definition) is 1. The van der Waals surface area contributed by atoms with Crippen LogP contribution >= 0.6 is 11.8 Å². The fraction of sp³-hybridized carbons (Fsp3) is 0.120. The molecule has 4 aromatic rings. The van der Waals surface area contributed by atoms with Crippen molar-refractivity contribution in [3.8, 4) is 11.4 Å². The number of aromatic nitrogens is 4. The largest absolute Gasteiger partial charge is 0.497 e. The molecule has 2 heterocycles. The van der Waals surface area contributed by atoms with Gasteiger partial charge in [-0.2, -0.15) is 0 Å². The lowest BCUT2D eigenvalue weighted by Gasteiger charge is -2.10. The van der Waals surface area contributed by atoms with Gasteiger partial charge in [-0.3, -0.25) is 14.3 Å². The first-order valence-electron chi connectivity index (χ1n) is 10.4. The Labute approximate surface area is 200 Å². The summed E-state index contributed by atoms with van der Waals surface area (Å²) < 4.78 is 20.5. The fourth-order valence-corrected chi connectivity index (χ4v) is 4.02. The highest BCUT2D eigenvalue weighted by atomic mass is 32.2. The number of rotatable bonds is 9. The maximum atomic E-state index is 13.5. The van der Waals surface area contributed by atoms with E-state index in [4.69, 9.17) is 4.74 Å². The number of thioether (sulfide) groups is 1. The first-order chi connectivity index (χ1) is 16.6. The summed E-state index contributed by atoms with van der Waals surface area (Å²) in [5, 5.41) is 12.0. The van der Waals surface area contributed by atoms with Gasteiger partial charge in [0.1, 0.15) is 11.6 Å². The summed E-state index contributed by atoms with van der Waals surface area (Å²) in [7, 11) is 1.60. The Balaban J connectivity index is 1.47. The van der Waals surface area contributed by atoms with Gasteiger partial charge in [-0.05, 0) is 65.7 Å².